The van der Waals surface area contributed by atoms with Crippen LogP contribution in [0.15, 0.2) is 48.9 Å². The molecule has 0 radical (unpaired) electrons. The predicted molar refractivity (Wildman–Crippen MR) is 182 cm³/mol. The maximum Gasteiger partial charge on any atom is 0.407 e. The number of morpholine rings is 2. The van der Waals surface area contributed by atoms with E-state index in [2.05, 4.69) is 51.8 Å². The fraction of sp³-hybridized carbons (Fsp3) is 0.676. The summed E-state index contributed by atoms with van der Waals surface area (Å²) in [6.07, 6.45) is 11.3. The van der Waals surface area contributed by atoms with Gasteiger partial charge in [0.25, 0.3) is 0 Å². The third-order valence-electron chi connectivity index (χ3n) is 8.01. The molecule has 2 aliphatic carbocycles. The van der Waals surface area contributed by atoms with Crippen LogP contribution in [0.25, 0.3) is 0 Å². The van der Waals surface area contributed by atoms with Gasteiger partial charge in [-0.05, 0) is 59.8 Å². The molecule has 2 unspecified atom stereocenters. The zero-order valence-corrected chi connectivity index (χ0v) is 29.9. The van der Waals surface area contributed by atoms with E-state index in [0.717, 1.165) is 51.3 Å². The third kappa shape index (κ3) is 11.8. The third-order valence-corrected chi connectivity index (χ3v) is 11.2. The summed E-state index contributed by atoms with van der Waals surface area (Å²) in [5.41, 5.74) is 0.219. The van der Waals surface area contributed by atoms with Crippen molar-refractivity contribution >= 4 is 35.9 Å². The van der Waals surface area contributed by atoms with E-state index in [9.17, 15) is 18.9 Å². The first-order chi connectivity index (χ1) is 21.2. The van der Waals surface area contributed by atoms with Gasteiger partial charge in [-0.15, -0.1) is 6.58 Å². The molecule has 45 heavy (non-hydrogen) atoms. The highest BCUT2D eigenvalue weighted by Gasteiger charge is 2.46. The highest BCUT2D eigenvalue weighted by atomic mass is 32.7. The Morgan fingerprint density at radius 2 is 1.42 bits per heavy atom. The van der Waals surface area contributed by atoms with Crippen LogP contribution >= 0.6 is 18.4 Å². The number of carbonyl (C=O) groups excluding carboxylic acids is 3. The molecule has 0 saturated carbocycles. The van der Waals surface area contributed by atoms with Crippen LogP contribution in [0.3, 0.4) is 0 Å². The Balaban J connectivity index is 0.000000256. The second kappa shape index (κ2) is 18.2. The molecule has 11 heteroatoms. The Hall–Kier alpha value is -2.26. The topological polar surface area (TPSA) is 102 Å². The smallest absolute Gasteiger partial charge is 0.407 e. The van der Waals surface area contributed by atoms with Gasteiger partial charge in [0.1, 0.15) is 30.1 Å². The lowest BCUT2D eigenvalue weighted by Gasteiger charge is -2.38. The highest BCUT2D eigenvalue weighted by Crippen LogP contribution is 2.43. The lowest BCUT2D eigenvalue weighted by atomic mass is 9.73. The first kappa shape index (κ1) is 38.9. The van der Waals surface area contributed by atoms with Gasteiger partial charge in [0.2, 0.25) is 0 Å². The van der Waals surface area contributed by atoms with E-state index in [1.165, 1.54) is 17.5 Å². The first-order valence-electron chi connectivity index (χ1n) is 15.8. The Kier molecular flexibility index (Phi) is 15.7. The highest BCUT2D eigenvalue weighted by molar-refractivity contribution is 8.52. The van der Waals surface area contributed by atoms with E-state index < -0.39 is 18.4 Å². The predicted octanol–water partition coefficient (Wildman–Crippen LogP) is 6.34. The van der Waals surface area contributed by atoms with E-state index in [1.807, 2.05) is 17.1 Å². The van der Waals surface area contributed by atoms with Gasteiger partial charge in [-0.2, -0.15) is 0 Å². The molecular formula is C34H54N2O7PS+. The van der Waals surface area contributed by atoms with Crippen molar-refractivity contribution in [1.29, 1.82) is 0 Å². The molecule has 0 N–H and O–H groups in total. The van der Waals surface area contributed by atoms with Crippen molar-refractivity contribution in [3.05, 3.63) is 48.9 Å². The van der Waals surface area contributed by atoms with Crippen LogP contribution in [-0.4, -0.2) is 98.0 Å². The van der Waals surface area contributed by atoms with Crippen molar-refractivity contribution in [3.63, 3.8) is 0 Å². The van der Waals surface area contributed by atoms with Crippen LogP contribution in [0.5, 0.6) is 0 Å². The molecular weight excluding hydrogens is 611 g/mol. The van der Waals surface area contributed by atoms with Crippen molar-refractivity contribution in [1.82, 2.24) is 9.80 Å². The molecule has 2 heterocycles. The monoisotopic (exact) mass is 665 g/mol. The molecule has 0 bridgehead atoms. The Bertz CT molecular complexity index is 1140. The number of esters is 1. The summed E-state index contributed by atoms with van der Waals surface area (Å²) in [7, 11) is -1.02. The lowest BCUT2D eigenvalue weighted by molar-refractivity contribution is -0.158. The van der Waals surface area contributed by atoms with Crippen LogP contribution in [0.4, 0.5) is 0 Å². The van der Waals surface area contributed by atoms with Crippen molar-refractivity contribution < 1.29 is 33.2 Å². The quantitative estimate of drug-likeness (QED) is 0.126. The van der Waals surface area contributed by atoms with Crippen molar-refractivity contribution in [2.24, 2.45) is 10.8 Å². The minimum atomic E-state index is -1.08. The number of carbonyl (C=O) groups is 3. The Labute approximate surface area is 275 Å². The van der Waals surface area contributed by atoms with Gasteiger partial charge in [0, 0.05) is 31.6 Å². The zero-order chi connectivity index (χ0) is 33.7. The van der Waals surface area contributed by atoms with Gasteiger partial charge in [-0.3, -0.25) is 14.4 Å². The maximum absolute atomic E-state index is 12.7. The molecule has 9 nitrogen and oxygen atoms in total. The van der Waals surface area contributed by atoms with Gasteiger partial charge in [0.15, 0.2) is 11.6 Å². The molecule has 2 fully saturated rings. The van der Waals surface area contributed by atoms with Gasteiger partial charge < -0.3 is 24.0 Å². The summed E-state index contributed by atoms with van der Waals surface area (Å²) in [6.45, 7) is 24.8. The molecule has 2 aliphatic heterocycles. The van der Waals surface area contributed by atoms with E-state index >= 15 is 0 Å². The van der Waals surface area contributed by atoms with E-state index in [0.29, 0.717) is 44.8 Å². The minimum absolute atomic E-state index is 0.137. The molecule has 4 rings (SSSR count). The summed E-state index contributed by atoms with van der Waals surface area (Å²) in [5.74, 6) is -0.313. The number of hydrogen-bond donors (Lipinski definition) is 0. The van der Waals surface area contributed by atoms with E-state index in [-0.39, 0.29) is 28.3 Å². The summed E-state index contributed by atoms with van der Waals surface area (Å²) in [6, 6.07) is 0. The molecule has 4 aliphatic rings. The average molecular weight is 666 g/mol. The van der Waals surface area contributed by atoms with Crippen molar-refractivity contribution in [2.45, 2.75) is 71.5 Å². The molecule has 2 saturated heterocycles. The standard InChI is InChI=1S/C15H21NO4.C14H21NO2.C5H12OPS/c1-3-9-20-14(18)15(2)6-4-5-12(13(15)17)16-7-10-19-11-8-16;1-3-6-14(2)7-4-5-12(13(14)16)15-8-10-17-11-9-15;1-5(2,3)8-7(4)6/h3,5H,1,4,6-11H2,2H3;3,5H,1,4,6-11H2,2H3;1-4H3/q;;+1/t;14-;/m.1./s1. The Morgan fingerprint density at radius 1 is 0.933 bits per heavy atom. The number of ketones is 2. The van der Waals surface area contributed by atoms with Crippen LogP contribution in [0, 0.1) is 10.8 Å². The summed E-state index contributed by atoms with van der Waals surface area (Å²) >= 11 is 1.52. The van der Waals surface area contributed by atoms with E-state index in [1.54, 1.807) is 13.6 Å². The SMILES string of the molecule is C=CCOC(=O)C1(C)CCC=C(N2CCOCC2)C1=O.C=CC[C@]1(C)CCC=C(N2CCOCC2)C1=O.C[P+](=O)SC(C)(C)C. The molecule has 0 amide bonds. The summed E-state index contributed by atoms with van der Waals surface area (Å²) in [5, 5.41) is 0. The van der Waals surface area contributed by atoms with Crippen LogP contribution < -0.4 is 0 Å². The Morgan fingerprint density at radius 3 is 1.84 bits per heavy atom. The second-order valence-corrected chi connectivity index (χ2v) is 17.4. The maximum atomic E-state index is 12.7. The number of nitrogens with zero attached hydrogens (tertiary/aromatic N) is 2. The molecule has 0 aromatic carbocycles. The largest absolute Gasteiger partial charge is 0.461 e. The molecule has 252 valence electrons. The van der Waals surface area contributed by atoms with Crippen molar-refractivity contribution in [2.75, 3.05) is 65.9 Å². The number of allylic oxidation sites excluding steroid dienone is 5. The summed E-state index contributed by atoms with van der Waals surface area (Å²) in [4.78, 5) is 41.5. The zero-order valence-electron chi connectivity index (χ0n) is 28.2. The van der Waals surface area contributed by atoms with Crippen molar-refractivity contribution in [3.8, 4) is 0 Å². The average Bonchev–Trinajstić information content (AvgIpc) is 2.99. The lowest BCUT2D eigenvalue weighted by Crippen LogP contribution is -2.47. The van der Waals surface area contributed by atoms with Gasteiger partial charge in [-0.25, -0.2) is 0 Å². The van der Waals surface area contributed by atoms with E-state index in [4.69, 9.17) is 14.2 Å². The first-order valence-corrected chi connectivity index (χ1v) is 19.0. The van der Waals surface area contributed by atoms with Crippen LogP contribution in [-0.2, 0) is 33.2 Å². The fourth-order valence-corrected chi connectivity index (χ4v) is 8.66. The number of rotatable bonds is 8. The minimum Gasteiger partial charge on any atom is -0.461 e. The molecule has 3 atom stereocenters. The van der Waals surface area contributed by atoms with Gasteiger partial charge in [-0.1, -0.05) is 42.4 Å². The summed E-state index contributed by atoms with van der Waals surface area (Å²) < 4.78 is 26.4. The number of hydrogen-bond acceptors (Lipinski definition) is 10. The normalized spacial score (nSPS) is 25.8. The number of ether oxygens (including phenoxy) is 3. The van der Waals surface area contributed by atoms with Crippen LogP contribution in [0.2, 0.25) is 0 Å². The molecule has 0 spiro atoms. The molecule has 0 aromatic rings. The van der Waals surface area contributed by atoms with Gasteiger partial charge in [0.05, 0.1) is 42.6 Å². The van der Waals surface area contributed by atoms with Gasteiger partial charge >= 0.3 is 13.0 Å². The van der Waals surface area contributed by atoms with Crippen LogP contribution in [0.1, 0.15) is 66.7 Å². The molecule has 0 aromatic heterocycles. The second-order valence-electron chi connectivity index (χ2n) is 13.0. The number of Topliss-reactive ketones (excluding diaryl/α,β-unsaturated/α-hetero) is 2. The fourth-order valence-electron chi connectivity index (χ4n) is 5.57.